The van der Waals surface area contributed by atoms with E-state index in [2.05, 4.69) is 24.4 Å². The largest absolute Gasteiger partial charge is 0.454 e. The zero-order valence-corrected chi connectivity index (χ0v) is 10.3. The van der Waals surface area contributed by atoms with Crippen molar-refractivity contribution in [1.82, 2.24) is 5.32 Å². The van der Waals surface area contributed by atoms with Crippen molar-refractivity contribution in [2.45, 2.75) is 19.8 Å². The second kappa shape index (κ2) is 5.89. The van der Waals surface area contributed by atoms with Crippen LogP contribution in [0.3, 0.4) is 0 Å². The van der Waals surface area contributed by atoms with Crippen molar-refractivity contribution in [1.29, 1.82) is 0 Å². The third-order valence-corrected chi connectivity index (χ3v) is 2.96. The summed E-state index contributed by atoms with van der Waals surface area (Å²) >= 11 is 0. The lowest BCUT2D eigenvalue weighted by Gasteiger charge is -2.08. The molecule has 1 aliphatic heterocycles. The maximum absolute atomic E-state index is 5.44. The van der Waals surface area contributed by atoms with E-state index in [4.69, 9.17) is 15.2 Å². The molecule has 4 nitrogen and oxygen atoms in total. The number of benzene rings is 1. The van der Waals surface area contributed by atoms with Gasteiger partial charge < -0.3 is 20.5 Å². The fourth-order valence-corrected chi connectivity index (χ4v) is 1.93. The van der Waals surface area contributed by atoms with Crippen LogP contribution in [0, 0.1) is 6.92 Å². The van der Waals surface area contributed by atoms with E-state index in [0.29, 0.717) is 6.79 Å². The minimum Gasteiger partial charge on any atom is -0.454 e. The quantitative estimate of drug-likeness (QED) is 0.729. The Balaban J connectivity index is 1.88. The SMILES string of the molecule is Cc1cc2c(cc1CCNCCCN)OCO2. The van der Waals surface area contributed by atoms with E-state index in [1.807, 2.05) is 0 Å². The number of ether oxygens (including phenoxy) is 2. The molecule has 17 heavy (non-hydrogen) atoms. The van der Waals surface area contributed by atoms with Crippen LogP contribution >= 0.6 is 0 Å². The highest BCUT2D eigenvalue weighted by Gasteiger charge is 2.15. The van der Waals surface area contributed by atoms with E-state index in [-0.39, 0.29) is 0 Å². The minimum atomic E-state index is 0.340. The van der Waals surface area contributed by atoms with Gasteiger partial charge in [-0.05, 0) is 62.7 Å². The van der Waals surface area contributed by atoms with Crippen LogP contribution in [0.2, 0.25) is 0 Å². The van der Waals surface area contributed by atoms with E-state index in [9.17, 15) is 0 Å². The number of hydrogen-bond acceptors (Lipinski definition) is 4. The number of rotatable bonds is 6. The van der Waals surface area contributed by atoms with Crippen molar-refractivity contribution in [3.05, 3.63) is 23.3 Å². The fraction of sp³-hybridized carbons (Fsp3) is 0.538. The fourth-order valence-electron chi connectivity index (χ4n) is 1.93. The maximum atomic E-state index is 5.44. The molecule has 0 radical (unpaired) electrons. The lowest BCUT2D eigenvalue weighted by atomic mass is 10.0. The van der Waals surface area contributed by atoms with Crippen LogP contribution in [-0.4, -0.2) is 26.4 Å². The first kappa shape index (κ1) is 12.2. The molecule has 0 amide bonds. The predicted molar refractivity (Wildman–Crippen MR) is 67.5 cm³/mol. The van der Waals surface area contributed by atoms with E-state index in [1.54, 1.807) is 0 Å². The summed E-state index contributed by atoms with van der Waals surface area (Å²) < 4.78 is 10.7. The average molecular weight is 236 g/mol. The molecule has 4 heteroatoms. The zero-order valence-electron chi connectivity index (χ0n) is 10.3. The Kier molecular flexibility index (Phi) is 4.23. The highest BCUT2D eigenvalue weighted by Crippen LogP contribution is 2.34. The standard InChI is InChI=1S/C13H20N2O2/c1-10-7-12-13(17-9-16-12)8-11(10)3-6-15-5-2-4-14/h7-8,15H,2-6,9,14H2,1H3. The first-order chi connectivity index (χ1) is 8.31. The molecule has 1 aromatic carbocycles. The van der Waals surface area contributed by atoms with Crippen LogP contribution < -0.4 is 20.5 Å². The Morgan fingerprint density at radius 3 is 2.76 bits per heavy atom. The molecule has 1 aliphatic rings. The summed E-state index contributed by atoms with van der Waals surface area (Å²) in [6, 6.07) is 4.14. The minimum absolute atomic E-state index is 0.340. The maximum Gasteiger partial charge on any atom is 0.231 e. The van der Waals surface area contributed by atoms with Gasteiger partial charge in [-0.2, -0.15) is 0 Å². The molecule has 0 aromatic heterocycles. The highest BCUT2D eigenvalue weighted by atomic mass is 16.7. The van der Waals surface area contributed by atoms with Gasteiger partial charge in [0, 0.05) is 0 Å². The van der Waals surface area contributed by atoms with Gasteiger partial charge in [0.1, 0.15) is 0 Å². The molecule has 0 aliphatic carbocycles. The number of nitrogens with two attached hydrogens (primary N) is 1. The van der Waals surface area contributed by atoms with Gasteiger partial charge in [0.05, 0.1) is 0 Å². The third kappa shape index (κ3) is 3.11. The molecular formula is C13H20N2O2. The van der Waals surface area contributed by atoms with Gasteiger partial charge in [-0.3, -0.25) is 0 Å². The first-order valence-electron chi connectivity index (χ1n) is 6.11. The second-order valence-electron chi connectivity index (χ2n) is 4.27. The van der Waals surface area contributed by atoms with Gasteiger partial charge in [0.15, 0.2) is 11.5 Å². The van der Waals surface area contributed by atoms with E-state index >= 15 is 0 Å². The zero-order chi connectivity index (χ0) is 12.1. The Morgan fingerprint density at radius 2 is 2.00 bits per heavy atom. The van der Waals surface area contributed by atoms with Gasteiger partial charge >= 0.3 is 0 Å². The molecule has 1 heterocycles. The summed E-state index contributed by atoms with van der Waals surface area (Å²) in [7, 11) is 0. The van der Waals surface area contributed by atoms with Crippen molar-refractivity contribution in [3.8, 4) is 11.5 Å². The normalized spacial score (nSPS) is 13.1. The summed E-state index contributed by atoms with van der Waals surface area (Å²) in [5.74, 6) is 1.73. The molecule has 0 unspecified atom stereocenters. The van der Waals surface area contributed by atoms with Crippen LogP contribution in [0.25, 0.3) is 0 Å². The van der Waals surface area contributed by atoms with E-state index in [0.717, 1.165) is 44.0 Å². The van der Waals surface area contributed by atoms with Gasteiger partial charge in [0.25, 0.3) is 0 Å². The molecule has 0 spiro atoms. The second-order valence-corrected chi connectivity index (χ2v) is 4.27. The molecule has 0 saturated heterocycles. The molecule has 1 aromatic rings. The van der Waals surface area contributed by atoms with Gasteiger partial charge in [-0.1, -0.05) is 0 Å². The van der Waals surface area contributed by atoms with E-state index in [1.165, 1.54) is 11.1 Å². The van der Waals surface area contributed by atoms with Crippen molar-refractivity contribution in [2.75, 3.05) is 26.4 Å². The molecule has 94 valence electrons. The summed E-state index contributed by atoms with van der Waals surface area (Å²) in [5.41, 5.74) is 8.01. The van der Waals surface area contributed by atoms with Crippen molar-refractivity contribution < 1.29 is 9.47 Å². The predicted octanol–water partition coefficient (Wildman–Crippen LogP) is 1.20. The number of nitrogens with one attached hydrogen (secondary N) is 1. The smallest absolute Gasteiger partial charge is 0.231 e. The van der Waals surface area contributed by atoms with Crippen LogP contribution in [0.15, 0.2) is 12.1 Å². The Morgan fingerprint density at radius 1 is 1.24 bits per heavy atom. The molecule has 0 atom stereocenters. The van der Waals surface area contributed by atoms with Crippen molar-refractivity contribution in [3.63, 3.8) is 0 Å². The number of hydrogen-bond donors (Lipinski definition) is 2. The summed E-state index contributed by atoms with van der Waals surface area (Å²) in [5, 5.41) is 3.38. The Hall–Kier alpha value is -1.26. The molecule has 2 rings (SSSR count). The molecule has 0 saturated carbocycles. The van der Waals surface area contributed by atoms with Gasteiger partial charge in [-0.15, -0.1) is 0 Å². The molecule has 3 N–H and O–H groups in total. The third-order valence-electron chi connectivity index (χ3n) is 2.96. The topological polar surface area (TPSA) is 56.5 Å². The lowest BCUT2D eigenvalue weighted by Crippen LogP contribution is -2.21. The van der Waals surface area contributed by atoms with Crippen molar-refractivity contribution in [2.24, 2.45) is 5.73 Å². The van der Waals surface area contributed by atoms with Gasteiger partial charge in [0.2, 0.25) is 6.79 Å². The lowest BCUT2D eigenvalue weighted by molar-refractivity contribution is 0.174. The molecule has 0 bridgehead atoms. The van der Waals surface area contributed by atoms with Crippen LogP contribution in [0.5, 0.6) is 11.5 Å². The summed E-state index contributed by atoms with van der Waals surface area (Å²) in [4.78, 5) is 0. The summed E-state index contributed by atoms with van der Waals surface area (Å²) in [6.07, 6.45) is 2.03. The number of fused-ring (bicyclic) bond motifs is 1. The van der Waals surface area contributed by atoms with Crippen LogP contribution in [-0.2, 0) is 6.42 Å². The van der Waals surface area contributed by atoms with Gasteiger partial charge in [-0.25, -0.2) is 0 Å². The first-order valence-corrected chi connectivity index (χ1v) is 6.11. The number of aryl methyl sites for hydroxylation is 1. The summed E-state index contributed by atoms with van der Waals surface area (Å²) in [6.45, 7) is 5.15. The monoisotopic (exact) mass is 236 g/mol. The van der Waals surface area contributed by atoms with Crippen molar-refractivity contribution >= 4 is 0 Å². The van der Waals surface area contributed by atoms with Crippen LogP contribution in [0.1, 0.15) is 17.5 Å². The molecule has 0 fully saturated rings. The Bertz CT molecular complexity index is 380. The Labute approximate surface area is 102 Å². The average Bonchev–Trinajstić information content (AvgIpc) is 2.76. The van der Waals surface area contributed by atoms with Crippen LogP contribution in [0.4, 0.5) is 0 Å². The highest BCUT2D eigenvalue weighted by molar-refractivity contribution is 5.48. The molecular weight excluding hydrogens is 216 g/mol. The van der Waals surface area contributed by atoms with E-state index < -0.39 is 0 Å².